The molecule has 2 aromatic rings. The van der Waals surface area contributed by atoms with Crippen LogP contribution < -0.4 is 5.32 Å². The number of benzene rings is 2. The van der Waals surface area contributed by atoms with E-state index in [1.807, 2.05) is 18.2 Å². The highest BCUT2D eigenvalue weighted by Gasteiger charge is 2.43. The molecule has 2 aliphatic rings. The van der Waals surface area contributed by atoms with E-state index in [1.54, 1.807) is 17.0 Å². The zero-order valence-electron chi connectivity index (χ0n) is 17.7. The van der Waals surface area contributed by atoms with E-state index in [9.17, 15) is 14.0 Å². The average Bonchev–Trinajstić information content (AvgIpc) is 3.20. The molecule has 0 bridgehead atoms. The highest BCUT2D eigenvalue weighted by Crippen LogP contribution is 2.39. The maximum absolute atomic E-state index is 13.1. The molecule has 0 saturated carbocycles. The lowest BCUT2D eigenvalue weighted by Gasteiger charge is -2.39. The van der Waals surface area contributed by atoms with Gasteiger partial charge < -0.3 is 15.0 Å². The molecule has 5 nitrogen and oxygen atoms in total. The molecule has 1 atom stereocenters. The monoisotopic (exact) mass is 456 g/mol. The number of hydrogen-bond acceptors (Lipinski definition) is 3. The first-order chi connectivity index (χ1) is 15.4. The van der Waals surface area contributed by atoms with Crippen LogP contribution in [0.1, 0.15) is 41.6 Å². The minimum atomic E-state index is -0.351. The van der Waals surface area contributed by atoms with Crippen LogP contribution in [0.5, 0.6) is 0 Å². The second-order valence-electron chi connectivity index (χ2n) is 8.36. The van der Waals surface area contributed by atoms with E-state index in [1.165, 1.54) is 30.3 Å². The molecule has 2 heterocycles. The Bertz CT molecular complexity index is 1000. The fourth-order valence-electron chi connectivity index (χ4n) is 4.35. The van der Waals surface area contributed by atoms with Crippen LogP contribution in [0.2, 0.25) is 5.02 Å². The summed E-state index contributed by atoms with van der Waals surface area (Å²) in [6, 6.07) is 13.0. The molecule has 2 saturated heterocycles. The Labute approximate surface area is 192 Å². The van der Waals surface area contributed by atoms with Crippen molar-refractivity contribution in [3.8, 4) is 0 Å². The third-order valence-electron chi connectivity index (χ3n) is 6.22. The normalized spacial score (nSPS) is 20.1. The summed E-state index contributed by atoms with van der Waals surface area (Å²) in [5.41, 5.74) is 1.06. The number of nitrogens with one attached hydrogen (secondary N) is 1. The summed E-state index contributed by atoms with van der Waals surface area (Å²) in [6.45, 7) is 1.66. The second-order valence-corrected chi connectivity index (χ2v) is 8.77. The second kappa shape index (κ2) is 9.84. The van der Waals surface area contributed by atoms with Crippen LogP contribution in [0.3, 0.4) is 0 Å². The van der Waals surface area contributed by atoms with E-state index in [2.05, 4.69) is 5.32 Å². The summed E-state index contributed by atoms with van der Waals surface area (Å²) in [7, 11) is 0. The van der Waals surface area contributed by atoms with Gasteiger partial charge >= 0.3 is 0 Å². The first-order valence-electron chi connectivity index (χ1n) is 10.9. The van der Waals surface area contributed by atoms with Gasteiger partial charge in [0.1, 0.15) is 5.82 Å². The quantitative estimate of drug-likeness (QED) is 0.676. The van der Waals surface area contributed by atoms with Crippen LogP contribution in [0, 0.1) is 5.82 Å². The van der Waals surface area contributed by atoms with Crippen molar-refractivity contribution in [1.82, 2.24) is 10.2 Å². The number of carbonyl (C=O) groups excluding carboxylic acids is 2. The van der Waals surface area contributed by atoms with Crippen LogP contribution in [0.15, 0.2) is 54.6 Å². The van der Waals surface area contributed by atoms with E-state index in [4.69, 9.17) is 16.3 Å². The zero-order chi connectivity index (χ0) is 22.6. The molecule has 1 N–H and O–H groups in total. The van der Waals surface area contributed by atoms with Gasteiger partial charge in [0.05, 0.1) is 11.7 Å². The Balaban J connectivity index is 1.23. The van der Waals surface area contributed by atoms with Gasteiger partial charge in [-0.2, -0.15) is 0 Å². The predicted octanol–water partition coefficient (Wildman–Crippen LogP) is 4.46. The number of amides is 2. The first kappa shape index (κ1) is 22.5. The Morgan fingerprint density at radius 3 is 2.56 bits per heavy atom. The van der Waals surface area contributed by atoms with Crippen LogP contribution >= 0.6 is 11.6 Å². The number of ether oxygens (including phenoxy) is 1. The summed E-state index contributed by atoms with van der Waals surface area (Å²) in [5, 5.41) is 3.50. The van der Waals surface area contributed by atoms with E-state index < -0.39 is 0 Å². The van der Waals surface area contributed by atoms with Crippen molar-refractivity contribution in [2.24, 2.45) is 0 Å². The van der Waals surface area contributed by atoms with Crippen molar-refractivity contribution >= 4 is 29.5 Å². The van der Waals surface area contributed by atoms with Crippen LogP contribution in [0.4, 0.5) is 4.39 Å². The molecule has 0 aromatic heterocycles. The maximum atomic E-state index is 13.1. The van der Waals surface area contributed by atoms with Crippen molar-refractivity contribution < 1.29 is 18.7 Å². The van der Waals surface area contributed by atoms with Crippen molar-refractivity contribution in [2.75, 3.05) is 19.6 Å². The lowest BCUT2D eigenvalue weighted by molar-refractivity contribution is -0.118. The van der Waals surface area contributed by atoms with Gasteiger partial charge in [0, 0.05) is 36.3 Å². The third-order valence-corrected chi connectivity index (χ3v) is 6.56. The van der Waals surface area contributed by atoms with Crippen molar-refractivity contribution in [2.45, 2.75) is 37.4 Å². The lowest BCUT2D eigenvalue weighted by atomic mass is 9.88. The van der Waals surface area contributed by atoms with Gasteiger partial charge in [-0.05, 0) is 67.7 Å². The Morgan fingerprint density at radius 1 is 1.12 bits per heavy atom. The van der Waals surface area contributed by atoms with Gasteiger partial charge in [-0.1, -0.05) is 29.8 Å². The summed E-state index contributed by atoms with van der Waals surface area (Å²) in [6.07, 6.45) is 6.45. The fraction of sp³-hybridized carbons (Fsp3) is 0.360. The molecule has 0 aliphatic carbocycles. The third kappa shape index (κ3) is 5.37. The van der Waals surface area contributed by atoms with Gasteiger partial charge in [0.25, 0.3) is 5.91 Å². The Morgan fingerprint density at radius 2 is 1.84 bits per heavy atom. The van der Waals surface area contributed by atoms with E-state index in [-0.39, 0.29) is 29.3 Å². The number of rotatable bonds is 5. The molecule has 32 heavy (non-hydrogen) atoms. The Hall–Kier alpha value is -2.70. The van der Waals surface area contributed by atoms with Gasteiger partial charge in [-0.15, -0.1) is 0 Å². The van der Waals surface area contributed by atoms with Crippen molar-refractivity contribution in [3.05, 3.63) is 76.6 Å². The molecular formula is C25H26ClFN2O3. The molecule has 2 amide bonds. The molecule has 2 aromatic carbocycles. The summed E-state index contributed by atoms with van der Waals surface area (Å²) >= 11 is 6.10. The molecule has 2 fully saturated rings. The number of piperidine rings is 1. The molecule has 168 valence electrons. The van der Waals surface area contributed by atoms with Crippen LogP contribution in [-0.2, 0) is 9.53 Å². The molecule has 0 radical (unpaired) electrons. The first-order valence-corrected chi connectivity index (χ1v) is 11.3. The number of carbonyl (C=O) groups is 2. The lowest BCUT2D eigenvalue weighted by Crippen LogP contribution is -2.47. The highest BCUT2D eigenvalue weighted by atomic mass is 35.5. The summed E-state index contributed by atoms with van der Waals surface area (Å²) in [5.74, 6) is -0.614. The Kier molecular flexibility index (Phi) is 6.92. The van der Waals surface area contributed by atoms with Gasteiger partial charge in [-0.25, -0.2) is 4.39 Å². The van der Waals surface area contributed by atoms with Gasteiger partial charge in [-0.3, -0.25) is 9.59 Å². The van der Waals surface area contributed by atoms with E-state index in [0.717, 1.165) is 31.2 Å². The smallest absolute Gasteiger partial charge is 0.253 e. The summed E-state index contributed by atoms with van der Waals surface area (Å²) in [4.78, 5) is 26.6. The maximum Gasteiger partial charge on any atom is 0.253 e. The molecule has 1 unspecified atom stereocenters. The molecule has 7 heteroatoms. The highest BCUT2D eigenvalue weighted by molar-refractivity contribution is 6.32. The standard InChI is InChI=1S/C25H26ClFN2O3/c26-22-4-2-1-3-18(22)7-10-23(30)28-17-21-11-12-25(32-21)13-15-29(16-14-25)24(31)19-5-8-20(27)9-6-19/h1-10,21H,11-17H2,(H,28,30). The predicted molar refractivity (Wildman–Crippen MR) is 122 cm³/mol. The van der Waals surface area contributed by atoms with E-state index in [0.29, 0.717) is 30.2 Å². The number of halogens is 2. The van der Waals surface area contributed by atoms with Gasteiger partial charge in [0.2, 0.25) is 5.91 Å². The van der Waals surface area contributed by atoms with Crippen molar-refractivity contribution in [1.29, 1.82) is 0 Å². The minimum absolute atomic E-state index is 0.0352. The molecular weight excluding hydrogens is 431 g/mol. The average molecular weight is 457 g/mol. The topological polar surface area (TPSA) is 58.6 Å². The zero-order valence-corrected chi connectivity index (χ0v) is 18.5. The van der Waals surface area contributed by atoms with Crippen LogP contribution in [0.25, 0.3) is 6.08 Å². The molecule has 1 spiro atoms. The number of nitrogens with zero attached hydrogens (tertiary/aromatic N) is 1. The molecule has 4 rings (SSSR count). The van der Waals surface area contributed by atoms with Crippen molar-refractivity contribution in [3.63, 3.8) is 0 Å². The fourth-order valence-corrected chi connectivity index (χ4v) is 4.55. The van der Waals surface area contributed by atoms with E-state index >= 15 is 0 Å². The number of likely N-dealkylation sites (tertiary alicyclic amines) is 1. The largest absolute Gasteiger partial charge is 0.370 e. The minimum Gasteiger partial charge on any atom is -0.370 e. The number of hydrogen-bond donors (Lipinski definition) is 1. The van der Waals surface area contributed by atoms with Gasteiger partial charge in [0.15, 0.2) is 0 Å². The van der Waals surface area contributed by atoms with Crippen LogP contribution in [-0.4, -0.2) is 48.1 Å². The SMILES string of the molecule is O=C(C=Cc1ccccc1Cl)NCC1CCC2(CCN(C(=O)c3ccc(F)cc3)CC2)O1. The molecule has 2 aliphatic heterocycles. The summed E-state index contributed by atoms with van der Waals surface area (Å²) < 4.78 is 19.4.